The van der Waals surface area contributed by atoms with Gasteiger partial charge in [-0.2, -0.15) is 0 Å². The van der Waals surface area contributed by atoms with Crippen molar-refractivity contribution >= 4 is 46.9 Å². The number of aliphatic hydroxyl groups is 1. The van der Waals surface area contributed by atoms with Crippen LogP contribution < -0.4 is 25.2 Å². The molecule has 2 heterocycles. The lowest BCUT2D eigenvalue weighted by atomic mass is 10.1. The van der Waals surface area contributed by atoms with Gasteiger partial charge in [0.1, 0.15) is 11.4 Å². The molecular formula is C31H39N7O6. The van der Waals surface area contributed by atoms with Gasteiger partial charge in [0, 0.05) is 56.7 Å². The summed E-state index contributed by atoms with van der Waals surface area (Å²) in [6.45, 7) is 6.21. The van der Waals surface area contributed by atoms with Crippen LogP contribution in [0.15, 0.2) is 61.3 Å². The lowest BCUT2D eigenvalue weighted by Gasteiger charge is -2.26. The minimum Gasteiger partial charge on any atom is -0.494 e. The molecule has 0 spiro atoms. The first-order valence-corrected chi connectivity index (χ1v) is 13.9. The first-order chi connectivity index (χ1) is 21.1. The van der Waals surface area contributed by atoms with E-state index in [1.807, 2.05) is 44.2 Å². The summed E-state index contributed by atoms with van der Waals surface area (Å²) in [7, 11) is 7.49. The monoisotopic (exact) mass is 605 g/mol. The highest BCUT2D eigenvalue weighted by Gasteiger charge is 2.21. The Morgan fingerprint density at radius 1 is 1.14 bits per heavy atom. The van der Waals surface area contributed by atoms with E-state index in [-0.39, 0.29) is 35.9 Å². The third kappa shape index (κ3) is 8.99. The van der Waals surface area contributed by atoms with Gasteiger partial charge < -0.3 is 40.3 Å². The quantitative estimate of drug-likeness (QED) is 0.136. The van der Waals surface area contributed by atoms with E-state index >= 15 is 0 Å². The molecule has 0 aliphatic carbocycles. The Kier molecular flexibility index (Phi) is 12.2. The predicted molar refractivity (Wildman–Crippen MR) is 170 cm³/mol. The topological polar surface area (TPSA) is 160 Å². The van der Waals surface area contributed by atoms with Gasteiger partial charge in [0.2, 0.25) is 17.6 Å². The lowest BCUT2D eigenvalue weighted by Crippen LogP contribution is -2.29. The average molecular weight is 606 g/mol. The Bertz CT molecular complexity index is 1450. The molecule has 4 N–H and O–H groups in total. The number of methoxy groups -OCH3 is 1. The largest absolute Gasteiger partial charge is 0.494 e. The molecule has 1 fully saturated rings. The van der Waals surface area contributed by atoms with Crippen LogP contribution in [-0.2, 0) is 9.59 Å². The van der Waals surface area contributed by atoms with Crippen molar-refractivity contribution in [3.05, 3.63) is 72.6 Å². The second kappa shape index (κ2) is 16.0. The maximum Gasteiger partial charge on any atom is 0.290 e. The van der Waals surface area contributed by atoms with Gasteiger partial charge in [-0.3, -0.25) is 14.4 Å². The number of amides is 1. The summed E-state index contributed by atoms with van der Waals surface area (Å²) in [4.78, 5) is 48.8. The summed E-state index contributed by atoms with van der Waals surface area (Å²) in [6.07, 6.45) is 3.13. The Morgan fingerprint density at radius 3 is 2.43 bits per heavy atom. The van der Waals surface area contributed by atoms with E-state index in [1.54, 1.807) is 31.4 Å². The van der Waals surface area contributed by atoms with Crippen LogP contribution in [-0.4, -0.2) is 104 Å². The van der Waals surface area contributed by atoms with E-state index in [2.05, 4.69) is 37.0 Å². The molecule has 3 aromatic rings. The molecule has 0 saturated carbocycles. The highest BCUT2D eigenvalue weighted by molar-refractivity contribution is 6.08. The van der Waals surface area contributed by atoms with Crippen LogP contribution in [0, 0.1) is 0 Å². The minimum absolute atomic E-state index is 0.200. The fraction of sp³-hybridized carbons (Fsp3) is 0.323. The summed E-state index contributed by atoms with van der Waals surface area (Å²) < 4.78 is 5.65. The first-order valence-electron chi connectivity index (χ1n) is 13.9. The number of hydrogen-bond donors (Lipinski definition) is 4. The number of carbonyl (C=O) groups excluding carboxylic acids is 2. The number of ketones is 1. The molecule has 1 saturated heterocycles. The van der Waals surface area contributed by atoms with Gasteiger partial charge in [-0.1, -0.05) is 6.58 Å². The summed E-state index contributed by atoms with van der Waals surface area (Å²) in [5, 5.41) is 22.7. The molecule has 2 aromatic carbocycles. The standard InChI is InChI=1S/C30H37N7O4.CH2O2/c1-6-28(39)32-24-17-25(27(41-5)18-26(24)36(4)16-15-35(2)3)34-30-31-13-11-23(33-30)29(40)20-7-9-21(10-8-20)37-14-12-22(38)19-37;2-1-3/h6-11,13,17-18,22,38H,1,12,14-16,19H2,2-5H3,(H,32,39)(H,31,33,34);1H,(H,2,3)/t22-;/m0./s1. The lowest BCUT2D eigenvalue weighted by molar-refractivity contribution is -0.122. The zero-order chi connectivity index (χ0) is 32.2. The number of carbonyl (C=O) groups is 3. The number of ether oxygens (including phenoxy) is 1. The molecule has 1 aromatic heterocycles. The van der Waals surface area contributed by atoms with Crippen LogP contribution in [0.3, 0.4) is 0 Å². The number of hydrogen-bond acceptors (Lipinski definition) is 11. The molecule has 1 atom stereocenters. The van der Waals surface area contributed by atoms with Crippen molar-refractivity contribution in [1.82, 2.24) is 14.9 Å². The number of likely N-dealkylation sites (N-methyl/N-ethyl adjacent to an activating group) is 2. The minimum atomic E-state index is -0.348. The number of rotatable bonds is 12. The molecule has 234 valence electrons. The molecule has 13 nitrogen and oxygen atoms in total. The van der Waals surface area contributed by atoms with Gasteiger partial charge in [0.15, 0.2) is 0 Å². The fourth-order valence-electron chi connectivity index (χ4n) is 4.52. The van der Waals surface area contributed by atoms with Crippen LogP contribution in [0.25, 0.3) is 0 Å². The van der Waals surface area contributed by atoms with E-state index in [0.717, 1.165) is 30.9 Å². The summed E-state index contributed by atoms with van der Waals surface area (Å²) in [6, 6.07) is 12.4. The Morgan fingerprint density at radius 2 is 1.84 bits per heavy atom. The van der Waals surface area contributed by atoms with Crippen LogP contribution >= 0.6 is 0 Å². The number of aliphatic hydroxyl groups excluding tert-OH is 1. The molecule has 0 unspecified atom stereocenters. The van der Waals surface area contributed by atoms with Crippen molar-refractivity contribution < 1.29 is 29.3 Å². The zero-order valence-electron chi connectivity index (χ0n) is 25.4. The average Bonchev–Trinajstić information content (AvgIpc) is 3.46. The normalized spacial score (nSPS) is 13.9. The molecular weight excluding hydrogens is 566 g/mol. The number of aromatic nitrogens is 2. The summed E-state index contributed by atoms with van der Waals surface area (Å²) in [5.74, 6) is 0.120. The van der Waals surface area contributed by atoms with Gasteiger partial charge in [0.05, 0.1) is 30.3 Å². The summed E-state index contributed by atoms with van der Waals surface area (Å²) in [5.41, 5.74) is 3.52. The first kappa shape index (κ1) is 33.5. The second-order valence-electron chi connectivity index (χ2n) is 10.2. The van der Waals surface area contributed by atoms with Crippen LogP contribution in [0.4, 0.5) is 28.7 Å². The van der Waals surface area contributed by atoms with Gasteiger partial charge in [-0.05, 0) is 63.0 Å². The van der Waals surface area contributed by atoms with Crippen LogP contribution in [0.1, 0.15) is 22.5 Å². The Labute approximate surface area is 256 Å². The maximum atomic E-state index is 13.2. The van der Waals surface area contributed by atoms with Crippen molar-refractivity contribution in [3.8, 4) is 5.75 Å². The number of carboxylic acid groups (broad SMARTS) is 1. The van der Waals surface area contributed by atoms with E-state index in [1.165, 1.54) is 12.3 Å². The fourth-order valence-corrected chi connectivity index (χ4v) is 4.52. The zero-order valence-corrected chi connectivity index (χ0v) is 25.4. The molecule has 4 rings (SSSR count). The smallest absolute Gasteiger partial charge is 0.290 e. The molecule has 44 heavy (non-hydrogen) atoms. The van der Waals surface area contributed by atoms with Crippen LogP contribution in [0.2, 0.25) is 0 Å². The number of benzene rings is 2. The molecule has 0 bridgehead atoms. The van der Waals surface area contributed by atoms with Crippen LogP contribution in [0.5, 0.6) is 5.75 Å². The number of β-amino-alcohol motifs (C(OH)–C–C–N with tert-alkyl or cyclic N) is 1. The highest BCUT2D eigenvalue weighted by atomic mass is 16.5. The van der Waals surface area contributed by atoms with Gasteiger partial charge in [-0.15, -0.1) is 0 Å². The molecule has 13 heteroatoms. The Balaban J connectivity index is 0.00000169. The molecule has 0 radical (unpaired) electrons. The summed E-state index contributed by atoms with van der Waals surface area (Å²) >= 11 is 0. The number of nitrogens with one attached hydrogen (secondary N) is 2. The Hall–Kier alpha value is -5.01. The van der Waals surface area contributed by atoms with Gasteiger partial charge in [0.25, 0.3) is 6.47 Å². The highest BCUT2D eigenvalue weighted by Crippen LogP contribution is 2.38. The van der Waals surface area contributed by atoms with Gasteiger partial charge in [-0.25, -0.2) is 9.97 Å². The van der Waals surface area contributed by atoms with Crippen molar-refractivity contribution in [2.24, 2.45) is 0 Å². The molecule has 1 aliphatic heterocycles. The van der Waals surface area contributed by atoms with E-state index in [9.17, 15) is 14.7 Å². The SMILES string of the molecule is C=CC(=O)Nc1cc(Nc2nccc(C(=O)c3ccc(N4CC[C@H](O)C4)cc3)n2)c(OC)cc1N(C)CCN(C)C.O=CO. The van der Waals surface area contributed by atoms with Crippen molar-refractivity contribution in [2.75, 3.05) is 74.9 Å². The maximum absolute atomic E-state index is 13.2. The number of anilines is 5. The van der Waals surface area contributed by atoms with E-state index in [0.29, 0.717) is 35.8 Å². The number of nitrogens with zero attached hydrogens (tertiary/aromatic N) is 5. The van der Waals surface area contributed by atoms with Gasteiger partial charge >= 0.3 is 0 Å². The van der Waals surface area contributed by atoms with Crippen molar-refractivity contribution in [2.45, 2.75) is 12.5 Å². The van der Waals surface area contributed by atoms with E-state index < -0.39 is 0 Å². The van der Waals surface area contributed by atoms with Crippen molar-refractivity contribution in [3.63, 3.8) is 0 Å². The van der Waals surface area contributed by atoms with E-state index in [4.69, 9.17) is 14.6 Å². The predicted octanol–water partition coefficient (Wildman–Crippen LogP) is 2.85. The third-order valence-electron chi connectivity index (χ3n) is 6.85. The third-order valence-corrected chi connectivity index (χ3v) is 6.85. The second-order valence-corrected chi connectivity index (χ2v) is 10.2. The molecule has 1 aliphatic rings. The van der Waals surface area contributed by atoms with Crippen molar-refractivity contribution in [1.29, 1.82) is 0 Å². The molecule has 1 amide bonds.